The lowest BCUT2D eigenvalue weighted by Crippen LogP contribution is -2.60. The monoisotopic (exact) mass is 620 g/mol. The van der Waals surface area contributed by atoms with Crippen LogP contribution in [-0.2, 0) is 27.8 Å². The minimum atomic E-state index is -4.94. The van der Waals surface area contributed by atoms with Crippen molar-refractivity contribution < 1.29 is 41.0 Å². The number of halogens is 3. The van der Waals surface area contributed by atoms with Crippen molar-refractivity contribution in [2.75, 3.05) is 24.5 Å². The van der Waals surface area contributed by atoms with Crippen LogP contribution in [0.3, 0.4) is 0 Å². The number of nitrogens with one attached hydrogen (secondary N) is 1. The van der Waals surface area contributed by atoms with Gasteiger partial charge in [-0.3, -0.25) is 4.79 Å². The fourth-order valence-electron chi connectivity index (χ4n) is 4.79. The van der Waals surface area contributed by atoms with Crippen molar-refractivity contribution in [1.29, 1.82) is 0 Å². The molecular formula is C29H31F3N4O6S. The number of sulfonamides is 1. The van der Waals surface area contributed by atoms with Crippen molar-refractivity contribution in [3.8, 4) is 5.75 Å². The van der Waals surface area contributed by atoms with Gasteiger partial charge >= 0.3 is 12.3 Å². The molecular weight excluding hydrogens is 589 g/mol. The first kappa shape index (κ1) is 31.8. The van der Waals surface area contributed by atoms with E-state index in [2.05, 4.69) is 22.0 Å². The van der Waals surface area contributed by atoms with Gasteiger partial charge in [0.15, 0.2) is 0 Å². The van der Waals surface area contributed by atoms with E-state index in [1.54, 1.807) is 4.90 Å². The topological polar surface area (TPSA) is 129 Å². The normalized spacial score (nSPS) is 16.1. The maximum Gasteiger partial charge on any atom is 0.573 e. The molecule has 0 radical (unpaired) electrons. The number of rotatable bonds is 10. The number of ether oxygens (including phenoxy) is 1. The van der Waals surface area contributed by atoms with Crippen molar-refractivity contribution in [3.05, 3.63) is 83.0 Å². The number of aromatic carboxylic acids is 1. The SMILES string of the molecule is CCCc1ccc(CNC(=O)C2CN(c3ccc(C(=O)O)c(C)n3)CCN2S(=O)(=O)c2ccc(OC(F)(F)F)cc2)cc1. The highest BCUT2D eigenvalue weighted by Crippen LogP contribution is 2.28. The predicted molar refractivity (Wildman–Crippen MR) is 151 cm³/mol. The molecule has 1 aromatic heterocycles. The fraction of sp³-hybridized carbons (Fsp3) is 0.345. The third-order valence-corrected chi connectivity index (χ3v) is 8.87. The molecule has 1 saturated heterocycles. The molecule has 1 aliphatic rings. The lowest BCUT2D eigenvalue weighted by Gasteiger charge is -2.40. The number of amides is 1. The molecule has 10 nitrogen and oxygen atoms in total. The standard InChI is InChI=1S/C29H31F3N4O6S/c1-3-4-20-5-7-21(8-6-20)17-33-27(37)25-18-35(26-14-13-24(28(38)39)19(2)34-26)15-16-36(25)43(40,41)23-11-9-22(10-12-23)42-29(30,31)32/h5-14,25H,3-4,15-18H2,1-2H3,(H,33,37)(H,38,39). The molecule has 3 aromatic rings. The van der Waals surface area contributed by atoms with E-state index < -0.39 is 40.1 Å². The first-order valence-corrected chi connectivity index (χ1v) is 14.9. The van der Waals surface area contributed by atoms with E-state index in [-0.39, 0.29) is 42.3 Å². The largest absolute Gasteiger partial charge is 0.573 e. The number of anilines is 1. The fourth-order valence-corrected chi connectivity index (χ4v) is 6.36. The van der Waals surface area contributed by atoms with Crippen molar-refractivity contribution in [2.24, 2.45) is 0 Å². The van der Waals surface area contributed by atoms with Crippen molar-refractivity contribution in [2.45, 2.75) is 50.5 Å². The second-order valence-electron chi connectivity index (χ2n) is 9.99. The Morgan fingerprint density at radius 3 is 2.26 bits per heavy atom. The Kier molecular flexibility index (Phi) is 9.60. The smallest absolute Gasteiger partial charge is 0.478 e. The molecule has 0 spiro atoms. The van der Waals surface area contributed by atoms with E-state index in [4.69, 9.17) is 0 Å². The minimum Gasteiger partial charge on any atom is -0.478 e. The summed E-state index contributed by atoms with van der Waals surface area (Å²) in [6.07, 6.45) is -3.03. The van der Waals surface area contributed by atoms with E-state index >= 15 is 0 Å². The molecule has 1 aliphatic heterocycles. The number of benzene rings is 2. The van der Waals surface area contributed by atoms with E-state index in [0.29, 0.717) is 5.82 Å². The molecule has 1 amide bonds. The number of nitrogens with zero attached hydrogens (tertiary/aromatic N) is 3. The van der Waals surface area contributed by atoms with Gasteiger partial charge in [0.25, 0.3) is 0 Å². The highest BCUT2D eigenvalue weighted by atomic mass is 32.2. The number of carboxylic acids is 1. The van der Waals surface area contributed by atoms with Gasteiger partial charge in [0.2, 0.25) is 15.9 Å². The van der Waals surface area contributed by atoms with Crippen LogP contribution in [-0.4, -0.2) is 66.7 Å². The second-order valence-corrected chi connectivity index (χ2v) is 11.9. The first-order chi connectivity index (χ1) is 20.3. The molecule has 1 unspecified atom stereocenters. The van der Waals surface area contributed by atoms with Crippen LogP contribution < -0.4 is 15.0 Å². The lowest BCUT2D eigenvalue weighted by atomic mass is 10.1. The molecule has 230 valence electrons. The predicted octanol–water partition coefficient (Wildman–Crippen LogP) is 4.14. The molecule has 2 aromatic carbocycles. The Labute approximate surface area is 247 Å². The van der Waals surface area contributed by atoms with Crippen LogP contribution in [0.5, 0.6) is 5.75 Å². The average Bonchev–Trinajstić information content (AvgIpc) is 2.95. The van der Waals surface area contributed by atoms with Gasteiger partial charge in [0.05, 0.1) is 16.2 Å². The van der Waals surface area contributed by atoms with Crippen LogP contribution >= 0.6 is 0 Å². The van der Waals surface area contributed by atoms with Crippen LogP contribution in [0, 0.1) is 6.92 Å². The van der Waals surface area contributed by atoms with E-state index in [1.165, 1.54) is 19.1 Å². The third-order valence-electron chi connectivity index (χ3n) is 6.95. The summed E-state index contributed by atoms with van der Waals surface area (Å²) in [6, 6.07) is 13.1. The van der Waals surface area contributed by atoms with Gasteiger partial charge < -0.3 is 20.1 Å². The number of hydrogen-bond donors (Lipinski definition) is 2. The van der Waals surface area contributed by atoms with E-state index in [9.17, 15) is 36.3 Å². The number of aryl methyl sites for hydroxylation is 2. The Hall–Kier alpha value is -4.17. The molecule has 14 heteroatoms. The molecule has 4 rings (SSSR count). The third kappa shape index (κ3) is 7.82. The van der Waals surface area contributed by atoms with E-state index in [1.807, 2.05) is 24.3 Å². The van der Waals surface area contributed by atoms with Gasteiger partial charge in [0.1, 0.15) is 17.6 Å². The van der Waals surface area contributed by atoms with E-state index in [0.717, 1.165) is 52.5 Å². The summed E-state index contributed by atoms with van der Waals surface area (Å²) in [6.45, 7) is 3.63. The zero-order valence-electron chi connectivity index (χ0n) is 23.5. The Balaban J connectivity index is 1.59. The number of carboxylic acid groups (broad SMARTS) is 1. The summed E-state index contributed by atoms with van der Waals surface area (Å²) in [5.74, 6) is -1.93. The van der Waals surface area contributed by atoms with Gasteiger partial charge in [-0.05, 0) is 60.9 Å². The van der Waals surface area contributed by atoms with Gasteiger partial charge in [-0.2, -0.15) is 4.31 Å². The quantitative estimate of drug-likeness (QED) is 0.346. The maximum atomic E-state index is 13.7. The zero-order chi connectivity index (χ0) is 31.4. The van der Waals surface area contributed by atoms with Crippen molar-refractivity contribution >= 4 is 27.7 Å². The highest BCUT2D eigenvalue weighted by Gasteiger charge is 2.41. The summed E-state index contributed by atoms with van der Waals surface area (Å²) < 4.78 is 70.0. The molecule has 0 aliphatic carbocycles. The average molecular weight is 621 g/mol. The van der Waals surface area contributed by atoms with Gasteiger partial charge in [0, 0.05) is 26.2 Å². The number of carbonyl (C=O) groups excluding carboxylic acids is 1. The molecule has 0 saturated carbocycles. The highest BCUT2D eigenvalue weighted by molar-refractivity contribution is 7.89. The summed E-state index contributed by atoms with van der Waals surface area (Å²) in [5, 5.41) is 12.1. The molecule has 0 bridgehead atoms. The number of piperazine rings is 1. The zero-order valence-corrected chi connectivity index (χ0v) is 24.3. The number of carbonyl (C=O) groups is 2. The molecule has 2 heterocycles. The van der Waals surface area contributed by atoms with Crippen molar-refractivity contribution in [3.63, 3.8) is 0 Å². The number of hydrogen-bond acceptors (Lipinski definition) is 7. The second kappa shape index (κ2) is 13.0. The maximum absolute atomic E-state index is 13.7. The van der Waals surface area contributed by atoms with Crippen molar-refractivity contribution in [1.82, 2.24) is 14.6 Å². The lowest BCUT2D eigenvalue weighted by molar-refractivity contribution is -0.274. The minimum absolute atomic E-state index is 0.0159. The van der Waals surface area contributed by atoms with Crippen LogP contribution in [0.2, 0.25) is 0 Å². The molecule has 43 heavy (non-hydrogen) atoms. The first-order valence-electron chi connectivity index (χ1n) is 13.5. The van der Waals surface area contributed by atoms with Crippen LogP contribution in [0.15, 0.2) is 65.6 Å². The van der Waals surface area contributed by atoms with Gasteiger partial charge in [-0.1, -0.05) is 37.6 Å². The Bertz CT molecular complexity index is 1560. The van der Waals surface area contributed by atoms with Gasteiger partial charge in [-0.15, -0.1) is 13.2 Å². The van der Waals surface area contributed by atoms with Crippen LogP contribution in [0.4, 0.5) is 19.0 Å². The number of aromatic nitrogens is 1. The summed E-state index contributed by atoms with van der Waals surface area (Å²) in [4.78, 5) is 30.7. The Morgan fingerprint density at radius 1 is 1.02 bits per heavy atom. The van der Waals surface area contributed by atoms with Crippen LogP contribution in [0.25, 0.3) is 0 Å². The summed E-state index contributed by atoms with van der Waals surface area (Å²) in [5.41, 5.74) is 2.24. The molecule has 2 N–H and O–H groups in total. The summed E-state index contributed by atoms with van der Waals surface area (Å²) >= 11 is 0. The van der Waals surface area contributed by atoms with Gasteiger partial charge in [-0.25, -0.2) is 18.2 Å². The summed E-state index contributed by atoms with van der Waals surface area (Å²) in [7, 11) is -4.33. The molecule has 1 atom stereocenters. The molecule has 1 fully saturated rings. The van der Waals surface area contributed by atoms with Crippen LogP contribution in [0.1, 0.15) is 40.5 Å². The Morgan fingerprint density at radius 2 is 1.67 bits per heavy atom. The number of pyridine rings is 1. The number of alkyl halides is 3.